The molecule has 4 rings (SSSR count). The molecule has 150 valence electrons. The Bertz CT molecular complexity index is 987. The lowest BCUT2D eigenvalue weighted by Crippen LogP contribution is -2.48. The number of halogens is 2. The first-order chi connectivity index (χ1) is 14.1. The second kappa shape index (κ2) is 8.67. The quantitative estimate of drug-likeness (QED) is 0.689. The summed E-state index contributed by atoms with van der Waals surface area (Å²) in [7, 11) is 0. The molecule has 0 unspecified atom stereocenters. The predicted molar refractivity (Wildman–Crippen MR) is 111 cm³/mol. The van der Waals surface area contributed by atoms with Gasteiger partial charge in [0.1, 0.15) is 11.6 Å². The SMILES string of the molecule is O=C(CN1CCN(c2nc(-c3ccccc3)cs2)CC1)Nc1ccc(F)cc1F. The minimum absolute atomic E-state index is 0.00809. The number of rotatable bonds is 5. The van der Waals surface area contributed by atoms with Gasteiger partial charge in [0.2, 0.25) is 5.91 Å². The largest absolute Gasteiger partial charge is 0.346 e. The molecular weight excluding hydrogens is 394 g/mol. The standard InChI is InChI=1S/C21H20F2N4OS/c22-16-6-7-18(17(23)12-16)24-20(28)13-26-8-10-27(11-9-26)21-25-19(14-29-21)15-4-2-1-3-5-15/h1-7,12,14H,8-11,13H2,(H,24,28). The highest BCUT2D eigenvalue weighted by Crippen LogP contribution is 2.28. The molecule has 0 spiro atoms. The van der Waals surface area contributed by atoms with Gasteiger partial charge in [0.25, 0.3) is 0 Å². The monoisotopic (exact) mass is 414 g/mol. The van der Waals surface area contributed by atoms with Crippen molar-refractivity contribution >= 4 is 28.1 Å². The maximum Gasteiger partial charge on any atom is 0.238 e. The van der Waals surface area contributed by atoms with Gasteiger partial charge in [-0.2, -0.15) is 0 Å². The Labute approximate surface area is 171 Å². The number of carbonyl (C=O) groups is 1. The molecule has 29 heavy (non-hydrogen) atoms. The molecule has 2 heterocycles. The van der Waals surface area contributed by atoms with E-state index in [0.717, 1.165) is 41.6 Å². The van der Waals surface area contributed by atoms with Crippen molar-refractivity contribution in [1.82, 2.24) is 9.88 Å². The smallest absolute Gasteiger partial charge is 0.238 e. The number of benzene rings is 2. The lowest BCUT2D eigenvalue weighted by molar-refractivity contribution is -0.117. The van der Waals surface area contributed by atoms with E-state index in [1.54, 1.807) is 11.3 Å². The van der Waals surface area contributed by atoms with Crippen LogP contribution < -0.4 is 10.2 Å². The van der Waals surface area contributed by atoms with Crippen LogP contribution in [0.2, 0.25) is 0 Å². The van der Waals surface area contributed by atoms with Crippen LogP contribution in [0, 0.1) is 11.6 Å². The molecule has 1 aromatic heterocycles. The van der Waals surface area contributed by atoms with Gasteiger partial charge in [-0.3, -0.25) is 9.69 Å². The van der Waals surface area contributed by atoms with Crippen molar-refractivity contribution < 1.29 is 13.6 Å². The Hall–Kier alpha value is -2.84. The Kier molecular flexibility index (Phi) is 5.82. The number of hydrogen-bond acceptors (Lipinski definition) is 5. The molecule has 5 nitrogen and oxygen atoms in total. The molecule has 3 aromatic rings. The van der Waals surface area contributed by atoms with Crippen molar-refractivity contribution in [2.75, 3.05) is 42.9 Å². The van der Waals surface area contributed by atoms with Gasteiger partial charge < -0.3 is 10.2 Å². The molecule has 0 radical (unpaired) electrons. The number of aromatic nitrogens is 1. The zero-order valence-corrected chi connectivity index (χ0v) is 16.5. The van der Waals surface area contributed by atoms with Gasteiger partial charge in [-0.1, -0.05) is 30.3 Å². The number of piperazine rings is 1. The van der Waals surface area contributed by atoms with Crippen LogP contribution in [0.1, 0.15) is 0 Å². The van der Waals surface area contributed by atoms with E-state index in [9.17, 15) is 13.6 Å². The average molecular weight is 414 g/mol. The number of amides is 1. The average Bonchev–Trinajstić information content (AvgIpc) is 3.22. The normalized spacial score (nSPS) is 14.8. The van der Waals surface area contributed by atoms with Gasteiger partial charge in [0, 0.05) is 43.2 Å². The molecule has 0 bridgehead atoms. The fourth-order valence-corrected chi connectivity index (χ4v) is 4.12. The zero-order valence-electron chi connectivity index (χ0n) is 15.6. The van der Waals surface area contributed by atoms with E-state index in [1.165, 1.54) is 6.07 Å². The third-order valence-corrected chi connectivity index (χ3v) is 5.68. The number of anilines is 2. The molecule has 0 saturated carbocycles. The van der Waals surface area contributed by atoms with Gasteiger partial charge in [0.05, 0.1) is 17.9 Å². The first-order valence-electron chi connectivity index (χ1n) is 9.31. The van der Waals surface area contributed by atoms with Crippen molar-refractivity contribution in [3.05, 3.63) is 65.5 Å². The molecule has 1 aliphatic rings. The first kappa shape index (κ1) is 19.5. The number of thiazole rings is 1. The summed E-state index contributed by atoms with van der Waals surface area (Å²) in [6.45, 7) is 3.11. The minimum Gasteiger partial charge on any atom is -0.346 e. The molecule has 1 N–H and O–H groups in total. The third kappa shape index (κ3) is 4.78. The van der Waals surface area contributed by atoms with Gasteiger partial charge in [-0.15, -0.1) is 11.3 Å². The van der Waals surface area contributed by atoms with E-state index in [1.807, 2.05) is 35.2 Å². The number of hydrogen-bond donors (Lipinski definition) is 1. The number of nitrogens with one attached hydrogen (secondary N) is 1. The van der Waals surface area contributed by atoms with Gasteiger partial charge >= 0.3 is 0 Å². The van der Waals surface area contributed by atoms with Gasteiger partial charge in [0.15, 0.2) is 5.13 Å². The Morgan fingerprint density at radius 1 is 1.07 bits per heavy atom. The lowest BCUT2D eigenvalue weighted by atomic mass is 10.2. The summed E-state index contributed by atoms with van der Waals surface area (Å²) in [5.41, 5.74) is 2.05. The second-order valence-electron chi connectivity index (χ2n) is 6.82. The molecule has 1 fully saturated rings. The molecule has 1 saturated heterocycles. The first-order valence-corrected chi connectivity index (χ1v) is 10.2. The maximum absolute atomic E-state index is 13.7. The second-order valence-corrected chi connectivity index (χ2v) is 7.65. The Morgan fingerprint density at radius 3 is 2.55 bits per heavy atom. The molecule has 2 aromatic carbocycles. The fraction of sp³-hybridized carbons (Fsp3) is 0.238. The van der Waals surface area contributed by atoms with Crippen LogP contribution in [0.3, 0.4) is 0 Å². The van der Waals surface area contributed by atoms with Crippen molar-refractivity contribution in [2.45, 2.75) is 0 Å². The Balaban J connectivity index is 1.29. The highest BCUT2D eigenvalue weighted by Gasteiger charge is 2.21. The summed E-state index contributed by atoms with van der Waals surface area (Å²) < 4.78 is 26.6. The predicted octanol–water partition coefficient (Wildman–Crippen LogP) is 3.85. The van der Waals surface area contributed by atoms with Gasteiger partial charge in [-0.05, 0) is 12.1 Å². The van der Waals surface area contributed by atoms with Crippen LogP contribution in [0.15, 0.2) is 53.9 Å². The van der Waals surface area contributed by atoms with E-state index < -0.39 is 11.6 Å². The van der Waals surface area contributed by atoms with Crippen molar-refractivity contribution in [3.63, 3.8) is 0 Å². The topological polar surface area (TPSA) is 48.5 Å². The molecule has 0 atom stereocenters. The fourth-order valence-electron chi connectivity index (χ4n) is 3.23. The molecule has 8 heteroatoms. The molecular formula is C21H20F2N4OS. The number of carbonyl (C=O) groups excluding carboxylic acids is 1. The summed E-state index contributed by atoms with van der Waals surface area (Å²) in [4.78, 5) is 21.2. The summed E-state index contributed by atoms with van der Waals surface area (Å²) in [6, 6.07) is 13.2. The maximum atomic E-state index is 13.7. The number of nitrogens with zero attached hydrogens (tertiary/aromatic N) is 3. The van der Waals surface area contributed by atoms with Crippen molar-refractivity contribution in [1.29, 1.82) is 0 Å². The van der Waals surface area contributed by atoms with Crippen LogP contribution in [-0.2, 0) is 4.79 Å². The van der Waals surface area contributed by atoms with E-state index >= 15 is 0 Å². The highest BCUT2D eigenvalue weighted by atomic mass is 32.1. The van der Waals surface area contributed by atoms with E-state index in [2.05, 4.69) is 15.6 Å². The van der Waals surface area contributed by atoms with Crippen LogP contribution in [-0.4, -0.2) is 48.5 Å². The third-order valence-electron chi connectivity index (χ3n) is 4.78. The van der Waals surface area contributed by atoms with Crippen LogP contribution in [0.5, 0.6) is 0 Å². The van der Waals surface area contributed by atoms with E-state index in [0.29, 0.717) is 13.1 Å². The summed E-state index contributed by atoms with van der Waals surface area (Å²) >= 11 is 1.62. The van der Waals surface area contributed by atoms with Crippen molar-refractivity contribution in [2.24, 2.45) is 0 Å². The van der Waals surface area contributed by atoms with E-state index in [4.69, 9.17) is 4.98 Å². The summed E-state index contributed by atoms with van der Waals surface area (Å²) in [5.74, 6) is -1.76. The molecule has 1 aliphatic heterocycles. The molecule has 1 amide bonds. The highest BCUT2D eigenvalue weighted by molar-refractivity contribution is 7.14. The minimum atomic E-state index is -0.777. The van der Waals surface area contributed by atoms with Crippen molar-refractivity contribution in [3.8, 4) is 11.3 Å². The lowest BCUT2D eigenvalue weighted by Gasteiger charge is -2.34. The summed E-state index contributed by atoms with van der Waals surface area (Å²) in [6.07, 6.45) is 0. The molecule has 0 aliphatic carbocycles. The van der Waals surface area contributed by atoms with Crippen LogP contribution in [0.25, 0.3) is 11.3 Å². The van der Waals surface area contributed by atoms with Crippen LogP contribution >= 0.6 is 11.3 Å². The van der Waals surface area contributed by atoms with Gasteiger partial charge in [-0.25, -0.2) is 13.8 Å². The summed E-state index contributed by atoms with van der Waals surface area (Å²) in [5, 5.41) is 5.53. The Morgan fingerprint density at radius 2 is 1.83 bits per heavy atom. The van der Waals surface area contributed by atoms with Crippen LogP contribution in [0.4, 0.5) is 19.6 Å². The zero-order chi connectivity index (χ0) is 20.2. The van der Waals surface area contributed by atoms with E-state index in [-0.39, 0.29) is 18.1 Å².